The Morgan fingerprint density at radius 1 is 1.58 bits per heavy atom. The van der Waals surface area contributed by atoms with Gasteiger partial charge in [-0.25, -0.2) is 5.09 Å². The van der Waals surface area contributed by atoms with E-state index in [1.54, 1.807) is 6.92 Å². The third kappa shape index (κ3) is 7.00. The minimum Gasteiger partial charge on any atom is -0.334 e. The van der Waals surface area contributed by atoms with Gasteiger partial charge >= 0.3 is 6.18 Å². The van der Waals surface area contributed by atoms with Gasteiger partial charge in [0.2, 0.25) is 0 Å². The molecule has 0 aromatic rings. The quantitative estimate of drug-likeness (QED) is 0.707. The molecule has 2 N–H and O–H groups in total. The summed E-state index contributed by atoms with van der Waals surface area (Å²) in [5, 5.41) is 2.25. The predicted octanol–water partition coefficient (Wildman–Crippen LogP) is 1.39. The van der Waals surface area contributed by atoms with Crippen molar-refractivity contribution in [1.82, 2.24) is 5.09 Å². The molecule has 0 aliphatic carbocycles. The Morgan fingerprint density at radius 3 is 2.42 bits per heavy atom. The van der Waals surface area contributed by atoms with Crippen LogP contribution in [0.25, 0.3) is 0 Å². The smallest absolute Gasteiger partial charge is 0.334 e. The minimum atomic E-state index is -4.46. The van der Waals surface area contributed by atoms with Gasteiger partial charge in [0.25, 0.3) is 6.64 Å². The zero-order valence-electron chi connectivity index (χ0n) is 6.26. The van der Waals surface area contributed by atoms with Gasteiger partial charge in [0.15, 0.2) is 6.61 Å². The summed E-state index contributed by atoms with van der Waals surface area (Å²) in [4.78, 5) is 8.97. The standard InChI is InChI=1S/C4H9F3NO2PS/c1-2-8-11(9,12)10-3-4(5,6)7/h2-3H2,1H3,(H2,8,9,12). The van der Waals surface area contributed by atoms with E-state index in [4.69, 9.17) is 4.89 Å². The van der Waals surface area contributed by atoms with Gasteiger partial charge in [-0.2, -0.15) is 13.2 Å². The zero-order valence-corrected chi connectivity index (χ0v) is 7.97. The van der Waals surface area contributed by atoms with Crippen molar-refractivity contribution >= 4 is 18.4 Å². The van der Waals surface area contributed by atoms with Crippen molar-refractivity contribution in [2.24, 2.45) is 0 Å². The van der Waals surface area contributed by atoms with E-state index in [-0.39, 0.29) is 6.54 Å². The SMILES string of the molecule is CCNP(O)(=S)OCC(F)(F)F. The van der Waals surface area contributed by atoms with Gasteiger partial charge in [-0.1, -0.05) is 6.92 Å². The summed E-state index contributed by atoms with van der Waals surface area (Å²) in [5.41, 5.74) is 0. The van der Waals surface area contributed by atoms with Crippen LogP contribution in [0.3, 0.4) is 0 Å². The van der Waals surface area contributed by atoms with Crippen LogP contribution in [0.4, 0.5) is 13.2 Å². The molecule has 1 unspecified atom stereocenters. The number of halogens is 3. The van der Waals surface area contributed by atoms with Gasteiger partial charge in [0.1, 0.15) is 0 Å². The van der Waals surface area contributed by atoms with E-state index in [9.17, 15) is 13.2 Å². The van der Waals surface area contributed by atoms with Gasteiger partial charge in [-0.15, -0.1) is 0 Å². The van der Waals surface area contributed by atoms with Crippen LogP contribution in [0.2, 0.25) is 0 Å². The summed E-state index contributed by atoms with van der Waals surface area (Å²) in [5.74, 6) is 0. The molecule has 74 valence electrons. The van der Waals surface area contributed by atoms with Crippen LogP contribution >= 0.6 is 6.64 Å². The molecule has 0 heterocycles. The molecule has 0 aromatic heterocycles. The maximum Gasteiger partial charge on any atom is 0.412 e. The van der Waals surface area contributed by atoms with Crippen molar-refractivity contribution in [2.45, 2.75) is 13.1 Å². The Kier molecular flexibility index (Phi) is 4.65. The molecular formula is C4H9F3NO2PS. The molecule has 1 atom stereocenters. The second kappa shape index (κ2) is 4.53. The highest BCUT2D eigenvalue weighted by atomic mass is 32.5. The predicted molar refractivity (Wildman–Crippen MR) is 42.2 cm³/mol. The van der Waals surface area contributed by atoms with Gasteiger partial charge in [-0.3, -0.25) is 0 Å². The lowest BCUT2D eigenvalue weighted by Crippen LogP contribution is -2.19. The fraction of sp³-hybridized carbons (Fsp3) is 1.00. The molecular weight excluding hydrogens is 214 g/mol. The largest absolute Gasteiger partial charge is 0.412 e. The molecule has 0 aliphatic rings. The Bertz CT molecular complexity index is 186. The van der Waals surface area contributed by atoms with Gasteiger partial charge in [0.05, 0.1) is 0 Å². The summed E-state index contributed by atoms with van der Waals surface area (Å²) in [6.07, 6.45) is -4.46. The first kappa shape index (κ1) is 12.3. The summed E-state index contributed by atoms with van der Waals surface area (Å²) in [6.45, 7) is -3.07. The number of nitrogens with one attached hydrogen (secondary N) is 1. The molecule has 0 saturated carbocycles. The van der Waals surface area contributed by atoms with Gasteiger partial charge in [0, 0.05) is 6.54 Å². The fourth-order valence-corrected chi connectivity index (χ4v) is 1.76. The highest BCUT2D eigenvalue weighted by Crippen LogP contribution is 2.38. The van der Waals surface area contributed by atoms with Crippen molar-refractivity contribution in [3.63, 3.8) is 0 Å². The van der Waals surface area contributed by atoms with Crippen LogP contribution in [0.15, 0.2) is 0 Å². The maximum atomic E-state index is 11.5. The molecule has 0 aliphatic heterocycles. The Balaban J connectivity index is 3.84. The van der Waals surface area contributed by atoms with Gasteiger partial charge in [-0.05, 0) is 11.8 Å². The van der Waals surface area contributed by atoms with E-state index < -0.39 is 19.4 Å². The monoisotopic (exact) mass is 223 g/mol. The molecule has 0 rings (SSSR count). The molecule has 0 radical (unpaired) electrons. The topological polar surface area (TPSA) is 41.5 Å². The van der Waals surface area contributed by atoms with E-state index in [2.05, 4.69) is 21.4 Å². The zero-order chi connectivity index (χ0) is 9.83. The second-order valence-corrected chi connectivity index (χ2v) is 5.02. The Morgan fingerprint density at radius 2 is 2.08 bits per heavy atom. The number of alkyl halides is 3. The van der Waals surface area contributed by atoms with Crippen LogP contribution in [0.1, 0.15) is 6.92 Å². The van der Waals surface area contributed by atoms with E-state index in [1.165, 1.54) is 0 Å². The Labute approximate surface area is 73.1 Å². The van der Waals surface area contributed by atoms with Crippen LogP contribution < -0.4 is 5.09 Å². The molecule has 0 aromatic carbocycles. The number of hydrogen-bond acceptors (Lipinski definition) is 2. The fourth-order valence-electron chi connectivity index (χ4n) is 0.406. The number of rotatable bonds is 4. The minimum absolute atomic E-state index is 0.269. The van der Waals surface area contributed by atoms with E-state index in [0.29, 0.717) is 0 Å². The number of hydrogen-bond donors (Lipinski definition) is 2. The maximum absolute atomic E-state index is 11.5. The highest BCUT2D eigenvalue weighted by Gasteiger charge is 2.30. The van der Waals surface area contributed by atoms with Crippen molar-refractivity contribution in [3.05, 3.63) is 0 Å². The van der Waals surface area contributed by atoms with E-state index in [0.717, 1.165) is 0 Å². The van der Waals surface area contributed by atoms with Gasteiger partial charge < -0.3 is 9.42 Å². The summed E-state index contributed by atoms with van der Waals surface area (Å²) >= 11 is 4.34. The first-order valence-corrected chi connectivity index (χ1v) is 5.73. The van der Waals surface area contributed by atoms with Crippen molar-refractivity contribution in [1.29, 1.82) is 0 Å². The third-order valence-corrected chi connectivity index (χ3v) is 2.66. The first-order chi connectivity index (χ1) is 5.27. The average Bonchev–Trinajstić information content (AvgIpc) is 1.83. The van der Waals surface area contributed by atoms with Crippen LogP contribution in [-0.2, 0) is 16.3 Å². The lowest BCUT2D eigenvalue weighted by atomic mass is 10.7. The van der Waals surface area contributed by atoms with Crippen molar-refractivity contribution < 1.29 is 22.6 Å². The normalized spacial score (nSPS) is 17.4. The molecule has 0 fully saturated rings. The molecule has 12 heavy (non-hydrogen) atoms. The highest BCUT2D eigenvalue weighted by molar-refractivity contribution is 8.08. The van der Waals surface area contributed by atoms with Crippen LogP contribution in [0.5, 0.6) is 0 Å². The van der Waals surface area contributed by atoms with Crippen LogP contribution in [-0.4, -0.2) is 24.2 Å². The van der Waals surface area contributed by atoms with E-state index >= 15 is 0 Å². The van der Waals surface area contributed by atoms with Crippen LogP contribution in [0, 0.1) is 0 Å². The first-order valence-electron chi connectivity index (χ1n) is 3.06. The van der Waals surface area contributed by atoms with Crippen molar-refractivity contribution in [2.75, 3.05) is 13.2 Å². The van der Waals surface area contributed by atoms with E-state index in [1.807, 2.05) is 0 Å². The molecule has 0 bridgehead atoms. The summed E-state index contributed by atoms with van der Waals surface area (Å²) in [7, 11) is 0. The Hall–Kier alpha value is 0.320. The second-order valence-electron chi connectivity index (χ2n) is 1.92. The summed E-state index contributed by atoms with van der Waals surface area (Å²) in [6, 6.07) is 0. The molecule has 3 nitrogen and oxygen atoms in total. The van der Waals surface area contributed by atoms with Crippen molar-refractivity contribution in [3.8, 4) is 0 Å². The molecule has 8 heteroatoms. The average molecular weight is 223 g/mol. The lowest BCUT2D eigenvalue weighted by molar-refractivity contribution is -0.153. The summed E-state index contributed by atoms with van der Waals surface area (Å²) < 4.78 is 38.7. The molecule has 0 saturated heterocycles. The lowest BCUT2D eigenvalue weighted by Gasteiger charge is -2.16. The third-order valence-electron chi connectivity index (χ3n) is 0.761. The molecule has 0 spiro atoms. The molecule has 0 amide bonds.